The van der Waals surface area contributed by atoms with Gasteiger partial charge in [0, 0.05) is 24.4 Å². The summed E-state index contributed by atoms with van der Waals surface area (Å²) in [6.07, 6.45) is 6.44. The number of carbonyl (C=O) groups is 1. The SMILES string of the molecule is COc1ccc(CNc2ccc3c(c2)C(OCCC2CCCCC2)C(OC(=O)c2ccccc2)C(C)(C)O3)cc1. The maximum Gasteiger partial charge on any atom is 0.338 e. The fourth-order valence-corrected chi connectivity index (χ4v) is 5.77. The lowest BCUT2D eigenvalue weighted by molar-refractivity contribution is -0.141. The monoisotopic (exact) mass is 543 g/mol. The molecule has 212 valence electrons. The topological polar surface area (TPSA) is 66.0 Å². The van der Waals surface area contributed by atoms with Gasteiger partial charge in [0.15, 0.2) is 6.10 Å². The summed E-state index contributed by atoms with van der Waals surface area (Å²) < 4.78 is 24.5. The molecule has 0 saturated heterocycles. The third kappa shape index (κ3) is 6.79. The van der Waals surface area contributed by atoms with Crippen molar-refractivity contribution in [2.45, 2.75) is 76.7 Å². The quantitative estimate of drug-likeness (QED) is 0.264. The number of esters is 1. The molecule has 2 atom stereocenters. The maximum atomic E-state index is 13.2. The lowest BCUT2D eigenvalue weighted by Gasteiger charge is -2.44. The maximum absolute atomic E-state index is 13.2. The second-order valence-corrected chi connectivity index (χ2v) is 11.4. The Morgan fingerprint density at radius 1 is 0.975 bits per heavy atom. The van der Waals surface area contributed by atoms with E-state index in [4.69, 9.17) is 18.9 Å². The molecular formula is C34H41NO5. The fraction of sp³-hybridized carbons (Fsp3) is 0.441. The summed E-state index contributed by atoms with van der Waals surface area (Å²) in [5.41, 5.74) is 2.73. The summed E-state index contributed by atoms with van der Waals surface area (Å²) in [6.45, 7) is 5.21. The van der Waals surface area contributed by atoms with Crippen molar-refractivity contribution in [3.8, 4) is 11.5 Å². The molecule has 0 spiro atoms. The van der Waals surface area contributed by atoms with Crippen LogP contribution in [0.3, 0.4) is 0 Å². The van der Waals surface area contributed by atoms with Crippen LogP contribution in [0.15, 0.2) is 72.8 Å². The molecule has 1 aliphatic carbocycles. The van der Waals surface area contributed by atoms with Crippen LogP contribution in [0, 0.1) is 5.92 Å². The summed E-state index contributed by atoms with van der Waals surface area (Å²) in [4.78, 5) is 13.2. The Balaban J connectivity index is 1.37. The predicted octanol–water partition coefficient (Wildman–Crippen LogP) is 7.73. The van der Waals surface area contributed by atoms with Crippen molar-refractivity contribution in [1.82, 2.24) is 0 Å². The van der Waals surface area contributed by atoms with Crippen LogP contribution < -0.4 is 14.8 Å². The Morgan fingerprint density at radius 3 is 2.45 bits per heavy atom. The van der Waals surface area contributed by atoms with E-state index in [-0.39, 0.29) is 5.97 Å². The molecule has 0 amide bonds. The Morgan fingerprint density at radius 2 is 1.73 bits per heavy atom. The van der Waals surface area contributed by atoms with Crippen molar-refractivity contribution in [3.63, 3.8) is 0 Å². The molecule has 1 aliphatic heterocycles. The van der Waals surface area contributed by atoms with Gasteiger partial charge in [0.25, 0.3) is 0 Å². The van der Waals surface area contributed by atoms with E-state index in [9.17, 15) is 4.79 Å². The van der Waals surface area contributed by atoms with E-state index in [0.29, 0.717) is 24.6 Å². The molecule has 3 aromatic carbocycles. The number of ether oxygens (including phenoxy) is 4. The first-order valence-electron chi connectivity index (χ1n) is 14.5. The molecule has 1 N–H and O–H groups in total. The average molecular weight is 544 g/mol. The molecule has 0 radical (unpaired) electrons. The zero-order valence-electron chi connectivity index (χ0n) is 23.9. The van der Waals surface area contributed by atoms with E-state index in [0.717, 1.165) is 34.7 Å². The number of rotatable bonds is 10. The molecule has 1 heterocycles. The summed E-state index contributed by atoms with van der Waals surface area (Å²) in [7, 11) is 1.67. The van der Waals surface area contributed by atoms with E-state index in [1.54, 1.807) is 19.2 Å². The second kappa shape index (κ2) is 12.8. The van der Waals surface area contributed by atoms with Crippen LogP contribution in [-0.4, -0.2) is 31.4 Å². The van der Waals surface area contributed by atoms with Gasteiger partial charge in [-0.1, -0.05) is 62.4 Å². The van der Waals surface area contributed by atoms with E-state index in [1.807, 2.05) is 68.4 Å². The highest BCUT2D eigenvalue weighted by Crippen LogP contribution is 2.45. The van der Waals surface area contributed by atoms with Crippen LogP contribution in [0.4, 0.5) is 5.69 Å². The largest absolute Gasteiger partial charge is 0.497 e. The molecule has 0 aromatic heterocycles. The minimum atomic E-state index is -0.773. The molecule has 1 fully saturated rings. The van der Waals surface area contributed by atoms with Crippen LogP contribution in [0.2, 0.25) is 0 Å². The first-order chi connectivity index (χ1) is 19.4. The number of fused-ring (bicyclic) bond motifs is 1. The van der Waals surface area contributed by atoms with Crippen molar-refractivity contribution in [2.75, 3.05) is 19.0 Å². The van der Waals surface area contributed by atoms with Crippen molar-refractivity contribution in [1.29, 1.82) is 0 Å². The zero-order chi connectivity index (χ0) is 28.0. The van der Waals surface area contributed by atoms with Crippen LogP contribution in [0.25, 0.3) is 0 Å². The molecule has 6 heteroatoms. The smallest absolute Gasteiger partial charge is 0.338 e. The van der Waals surface area contributed by atoms with Gasteiger partial charge in [0.1, 0.15) is 23.2 Å². The van der Waals surface area contributed by atoms with Gasteiger partial charge >= 0.3 is 5.97 Å². The molecule has 2 unspecified atom stereocenters. The Bertz CT molecular complexity index is 1250. The number of hydrogen-bond donors (Lipinski definition) is 1. The van der Waals surface area contributed by atoms with Gasteiger partial charge in [-0.3, -0.25) is 0 Å². The summed E-state index contributed by atoms with van der Waals surface area (Å²) in [5, 5.41) is 3.52. The zero-order valence-corrected chi connectivity index (χ0v) is 23.9. The van der Waals surface area contributed by atoms with Crippen LogP contribution in [0.1, 0.15) is 80.0 Å². The highest BCUT2D eigenvalue weighted by atomic mass is 16.6. The molecule has 1 saturated carbocycles. The normalized spacial score (nSPS) is 20.2. The molecule has 3 aromatic rings. The lowest BCUT2D eigenvalue weighted by atomic mass is 9.86. The highest BCUT2D eigenvalue weighted by Gasteiger charge is 2.47. The predicted molar refractivity (Wildman–Crippen MR) is 157 cm³/mol. The molecule has 5 rings (SSSR count). The van der Waals surface area contributed by atoms with Crippen molar-refractivity contribution >= 4 is 11.7 Å². The number of benzene rings is 3. The Hall–Kier alpha value is -3.51. The van der Waals surface area contributed by atoms with E-state index in [1.165, 1.54) is 32.1 Å². The molecule has 2 aliphatic rings. The van der Waals surface area contributed by atoms with Crippen molar-refractivity contribution < 1.29 is 23.7 Å². The lowest BCUT2D eigenvalue weighted by Crippen LogP contribution is -2.51. The van der Waals surface area contributed by atoms with Crippen molar-refractivity contribution in [3.05, 3.63) is 89.5 Å². The third-order valence-electron chi connectivity index (χ3n) is 8.10. The third-order valence-corrected chi connectivity index (χ3v) is 8.10. The molecular weight excluding hydrogens is 502 g/mol. The fourth-order valence-electron chi connectivity index (χ4n) is 5.77. The second-order valence-electron chi connectivity index (χ2n) is 11.4. The number of carbonyl (C=O) groups excluding carboxylic acids is 1. The Kier molecular flexibility index (Phi) is 8.95. The first kappa shape index (κ1) is 28.0. The van der Waals surface area contributed by atoms with Gasteiger partial charge in [-0.05, 0) is 74.2 Å². The number of anilines is 1. The number of methoxy groups -OCH3 is 1. The molecule has 0 bridgehead atoms. The van der Waals surface area contributed by atoms with E-state index >= 15 is 0 Å². The minimum absolute atomic E-state index is 0.375. The number of nitrogens with one attached hydrogen (secondary N) is 1. The van der Waals surface area contributed by atoms with Gasteiger partial charge in [0.2, 0.25) is 0 Å². The van der Waals surface area contributed by atoms with E-state index in [2.05, 4.69) is 11.4 Å². The average Bonchev–Trinajstić information content (AvgIpc) is 2.98. The molecule has 6 nitrogen and oxygen atoms in total. The van der Waals surface area contributed by atoms with Gasteiger partial charge in [-0.15, -0.1) is 0 Å². The minimum Gasteiger partial charge on any atom is -0.497 e. The Labute approximate surface area is 238 Å². The first-order valence-corrected chi connectivity index (χ1v) is 14.5. The summed E-state index contributed by atoms with van der Waals surface area (Å²) in [6, 6.07) is 23.2. The number of hydrogen-bond acceptors (Lipinski definition) is 6. The highest BCUT2D eigenvalue weighted by molar-refractivity contribution is 5.89. The van der Waals surface area contributed by atoms with Gasteiger partial charge in [-0.25, -0.2) is 4.79 Å². The summed E-state index contributed by atoms with van der Waals surface area (Å²) in [5.74, 6) is 1.92. The molecule has 40 heavy (non-hydrogen) atoms. The van der Waals surface area contributed by atoms with Crippen LogP contribution in [-0.2, 0) is 16.0 Å². The standard InChI is InChI=1S/C34H41NO5/c1-34(2)32(39-33(36)26-12-8-5-9-13-26)31(38-21-20-24-10-6-4-7-11-24)29-22-27(16-19-30(29)40-34)35-23-25-14-17-28(37-3)18-15-25/h5,8-9,12-19,22,24,31-32,35H,4,6-7,10-11,20-21,23H2,1-3H3. The van der Waals surface area contributed by atoms with Crippen molar-refractivity contribution in [2.24, 2.45) is 5.92 Å². The van der Waals surface area contributed by atoms with Gasteiger partial charge < -0.3 is 24.3 Å². The van der Waals surface area contributed by atoms with Gasteiger partial charge in [-0.2, -0.15) is 0 Å². The van der Waals surface area contributed by atoms with Crippen LogP contribution in [0.5, 0.6) is 11.5 Å². The van der Waals surface area contributed by atoms with E-state index < -0.39 is 17.8 Å². The van der Waals surface area contributed by atoms with Crippen LogP contribution >= 0.6 is 0 Å². The van der Waals surface area contributed by atoms with Gasteiger partial charge in [0.05, 0.1) is 12.7 Å². The summed E-state index contributed by atoms with van der Waals surface area (Å²) >= 11 is 0.